The normalized spacial score (nSPS) is 23.4. The van der Waals surface area contributed by atoms with Crippen LogP contribution in [0.4, 0.5) is 28.1 Å². The number of nitrogens with two attached hydrogens (primary N) is 2. The fraction of sp³-hybridized carbons (Fsp3) is 0.516. The second-order valence-corrected chi connectivity index (χ2v) is 13.7. The second-order valence-electron chi connectivity index (χ2n) is 12.7. The second kappa shape index (κ2) is 13.2. The molecule has 3 aromatic rings. The quantitative estimate of drug-likeness (QED) is 0.331. The van der Waals surface area contributed by atoms with Crippen LogP contribution in [0.5, 0.6) is 0 Å². The maximum Gasteiger partial charge on any atom is 0.329 e. The van der Waals surface area contributed by atoms with Crippen molar-refractivity contribution in [3.63, 3.8) is 0 Å². The molecule has 4 aliphatic heterocycles. The number of imide groups is 1. The van der Waals surface area contributed by atoms with Crippen LogP contribution < -0.4 is 31.5 Å². The molecule has 2 atom stereocenters. The number of aromatic nitrogens is 5. The molecule has 0 aliphatic carbocycles. The van der Waals surface area contributed by atoms with E-state index in [2.05, 4.69) is 48.2 Å². The number of nitrogens with zero attached hydrogens (tertiary/aromatic N) is 9. The highest BCUT2D eigenvalue weighted by Gasteiger charge is 2.47. The van der Waals surface area contributed by atoms with Gasteiger partial charge in [-0.3, -0.25) is 19.9 Å². The van der Waals surface area contributed by atoms with Gasteiger partial charge in [-0.05, 0) is 44.0 Å². The van der Waals surface area contributed by atoms with E-state index in [0.29, 0.717) is 29.8 Å². The zero-order valence-electron chi connectivity index (χ0n) is 26.4. The summed E-state index contributed by atoms with van der Waals surface area (Å²) in [7, 11) is 0. The largest absolute Gasteiger partial charge is 0.381 e. The van der Waals surface area contributed by atoms with E-state index in [1.807, 2.05) is 24.5 Å². The van der Waals surface area contributed by atoms with Gasteiger partial charge in [0.25, 0.3) is 0 Å². The Bertz CT molecular complexity index is 1610. The highest BCUT2D eigenvalue weighted by atomic mass is 32.2. The van der Waals surface area contributed by atoms with Crippen LogP contribution in [0.1, 0.15) is 31.9 Å². The predicted molar refractivity (Wildman–Crippen MR) is 177 cm³/mol. The molecule has 16 heteroatoms. The first-order valence-corrected chi connectivity index (χ1v) is 16.9. The van der Waals surface area contributed by atoms with Crippen LogP contribution in [0.25, 0.3) is 0 Å². The van der Waals surface area contributed by atoms with Crippen molar-refractivity contribution in [2.24, 2.45) is 11.1 Å². The Morgan fingerprint density at radius 3 is 2.45 bits per heavy atom. The molecule has 47 heavy (non-hydrogen) atoms. The molecular weight excluding hydrogens is 620 g/mol. The maximum atomic E-state index is 12.1. The van der Waals surface area contributed by atoms with Crippen molar-refractivity contribution in [2.75, 3.05) is 72.9 Å². The molecule has 0 unspecified atom stereocenters. The molecule has 0 saturated carbocycles. The number of hydrogen-bond acceptors (Lipinski definition) is 14. The van der Waals surface area contributed by atoms with Crippen molar-refractivity contribution in [2.45, 2.75) is 54.8 Å². The van der Waals surface area contributed by atoms with Crippen molar-refractivity contribution < 1.29 is 14.3 Å². The Balaban J connectivity index is 0.909. The fourth-order valence-electron chi connectivity index (χ4n) is 6.74. The number of carbonyl (C=O) groups excluding carboxylic acids is 2. The van der Waals surface area contributed by atoms with Gasteiger partial charge >= 0.3 is 6.03 Å². The summed E-state index contributed by atoms with van der Waals surface area (Å²) in [5, 5.41) is 11.5. The number of urea groups is 1. The molecule has 4 saturated heterocycles. The smallest absolute Gasteiger partial charge is 0.329 e. The van der Waals surface area contributed by atoms with Gasteiger partial charge in [-0.25, -0.2) is 19.7 Å². The molecule has 15 nitrogen and oxygen atoms in total. The average molecular weight is 661 g/mol. The van der Waals surface area contributed by atoms with Crippen LogP contribution >= 0.6 is 11.8 Å². The molecular formula is C31H40N12O3S. The number of nitrogen functional groups attached to an aromatic ring is 1. The molecule has 0 radical (unpaired) electrons. The first-order chi connectivity index (χ1) is 22.8. The number of amides is 3. The number of carbonyl (C=O) groups is 2. The van der Waals surface area contributed by atoms with Gasteiger partial charge in [0, 0.05) is 81.3 Å². The number of anilines is 4. The number of piperidine rings is 1. The third-order valence-electron chi connectivity index (χ3n) is 9.73. The van der Waals surface area contributed by atoms with E-state index in [1.54, 1.807) is 6.07 Å². The van der Waals surface area contributed by atoms with Crippen LogP contribution in [0.15, 0.2) is 46.6 Å². The van der Waals surface area contributed by atoms with Crippen molar-refractivity contribution in [3.8, 4) is 0 Å². The van der Waals surface area contributed by atoms with Crippen molar-refractivity contribution in [3.05, 3.63) is 42.4 Å². The van der Waals surface area contributed by atoms with E-state index in [9.17, 15) is 9.59 Å². The highest BCUT2D eigenvalue weighted by Crippen LogP contribution is 2.42. The Morgan fingerprint density at radius 1 is 0.979 bits per heavy atom. The van der Waals surface area contributed by atoms with Crippen LogP contribution in [0.2, 0.25) is 0 Å². The van der Waals surface area contributed by atoms with E-state index < -0.39 is 6.03 Å². The number of hydrogen-bond donors (Lipinski definition) is 3. The average Bonchev–Trinajstić information content (AvgIpc) is 3.35. The minimum atomic E-state index is -0.466. The first-order valence-electron chi connectivity index (χ1n) is 16.1. The van der Waals surface area contributed by atoms with Crippen LogP contribution in [0, 0.1) is 5.41 Å². The van der Waals surface area contributed by atoms with Gasteiger partial charge in [0.1, 0.15) is 16.7 Å². The van der Waals surface area contributed by atoms with E-state index in [1.165, 1.54) is 16.7 Å². The summed E-state index contributed by atoms with van der Waals surface area (Å²) in [5.74, 6) is 2.28. The summed E-state index contributed by atoms with van der Waals surface area (Å²) >= 11 is 1.49. The van der Waals surface area contributed by atoms with Crippen LogP contribution in [-0.2, 0) is 16.1 Å². The van der Waals surface area contributed by atoms with E-state index in [0.717, 1.165) is 80.9 Å². The zero-order valence-corrected chi connectivity index (χ0v) is 27.2. The molecule has 5 N–H and O–H groups in total. The molecule has 7 rings (SSSR count). The summed E-state index contributed by atoms with van der Waals surface area (Å²) in [6, 6.07) is 7.29. The Labute approximate surface area is 277 Å². The minimum absolute atomic E-state index is 0.0525. The first kappa shape index (κ1) is 31.5. The standard InChI is InChI=1S/C31H40N12O3S/c1-20-27(32)31(19-46-20)6-10-41(11-7-31)25-17-35-29(28(33)36-25)47-22-4-8-34-24(16-22)42-14-12-40(13-15-42)18-21-2-3-23(39-38-21)43-9-5-26(44)37-30(43)45/h2-4,8,16-17,20,27H,5-7,9-15,18-19,32H2,1H3,(H2,33,36)(H,37,44,45)/t20-,27+/m0/s1. The Kier molecular flexibility index (Phi) is 8.83. The van der Waals surface area contributed by atoms with E-state index in [-0.39, 0.29) is 29.9 Å². The Morgan fingerprint density at radius 2 is 1.77 bits per heavy atom. The molecule has 7 heterocycles. The Hall–Kier alpha value is -4.12. The molecule has 4 aliphatic rings. The number of piperazine rings is 1. The lowest BCUT2D eigenvalue weighted by molar-refractivity contribution is -0.120. The summed E-state index contributed by atoms with van der Waals surface area (Å²) in [5.41, 5.74) is 13.8. The summed E-state index contributed by atoms with van der Waals surface area (Å²) in [6.45, 7) is 8.78. The molecule has 1 spiro atoms. The van der Waals surface area contributed by atoms with Gasteiger partial charge in [0.05, 0.1) is 24.6 Å². The SMILES string of the molecule is C[C@@H]1OCC2(CCN(c3cnc(Sc4ccnc(N5CCN(Cc6ccc(N7CCC(=O)NC7=O)nn6)CC5)c4)c(N)n3)CC2)[C@@H]1N. The van der Waals surface area contributed by atoms with Crippen LogP contribution in [0.3, 0.4) is 0 Å². The molecule has 3 amide bonds. The third kappa shape index (κ3) is 6.68. The lowest BCUT2D eigenvalue weighted by Crippen LogP contribution is -2.50. The number of nitrogens with one attached hydrogen (secondary N) is 1. The van der Waals surface area contributed by atoms with Crippen molar-refractivity contribution in [1.29, 1.82) is 0 Å². The zero-order chi connectivity index (χ0) is 32.5. The predicted octanol–water partition coefficient (Wildman–Crippen LogP) is 1.50. The molecule has 0 aromatic carbocycles. The summed E-state index contributed by atoms with van der Waals surface area (Å²) in [6.07, 6.45) is 5.92. The van der Waals surface area contributed by atoms with Gasteiger partial charge in [-0.15, -0.1) is 5.10 Å². The molecule has 4 fully saturated rings. The van der Waals surface area contributed by atoms with Crippen molar-refractivity contribution in [1.82, 2.24) is 35.4 Å². The fourth-order valence-corrected chi connectivity index (χ4v) is 7.52. The molecule has 3 aromatic heterocycles. The number of ether oxygens (including phenoxy) is 1. The lowest BCUT2D eigenvalue weighted by Gasteiger charge is -2.41. The number of pyridine rings is 1. The van der Waals surface area contributed by atoms with Gasteiger partial charge < -0.3 is 26.0 Å². The molecule has 248 valence electrons. The van der Waals surface area contributed by atoms with E-state index in [4.69, 9.17) is 26.2 Å². The third-order valence-corrected chi connectivity index (χ3v) is 10.7. The minimum Gasteiger partial charge on any atom is -0.381 e. The van der Waals surface area contributed by atoms with Crippen molar-refractivity contribution >= 4 is 47.0 Å². The maximum absolute atomic E-state index is 12.1. The topological polar surface area (TPSA) is 185 Å². The van der Waals surface area contributed by atoms with Gasteiger partial charge in [-0.1, -0.05) is 11.8 Å². The van der Waals surface area contributed by atoms with Crippen LogP contribution in [-0.4, -0.2) is 107 Å². The number of rotatable bonds is 7. The monoisotopic (exact) mass is 660 g/mol. The van der Waals surface area contributed by atoms with Gasteiger partial charge in [0.15, 0.2) is 11.6 Å². The highest BCUT2D eigenvalue weighted by molar-refractivity contribution is 7.99. The van der Waals surface area contributed by atoms with Gasteiger partial charge in [-0.2, -0.15) is 5.10 Å². The van der Waals surface area contributed by atoms with Gasteiger partial charge in [0.2, 0.25) is 5.91 Å². The lowest BCUT2D eigenvalue weighted by atomic mass is 9.73. The van der Waals surface area contributed by atoms with E-state index >= 15 is 0 Å². The summed E-state index contributed by atoms with van der Waals surface area (Å²) < 4.78 is 5.86. The summed E-state index contributed by atoms with van der Waals surface area (Å²) in [4.78, 5) is 46.8. The molecule has 0 bridgehead atoms.